The highest BCUT2D eigenvalue weighted by molar-refractivity contribution is 6.35. The summed E-state index contributed by atoms with van der Waals surface area (Å²) in [5.41, 5.74) is 1.91. The average molecular weight is 299 g/mol. The van der Waals surface area contributed by atoms with Crippen LogP contribution in [0.2, 0.25) is 5.02 Å². The first-order chi connectivity index (χ1) is 9.29. The molecule has 5 heteroatoms. The summed E-state index contributed by atoms with van der Waals surface area (Å²) in [6.07, 6.45) is 2.31. The van der Waals surface area contributed by atoms with E-state index in [0.29, 0.717) is 11.8 Å². The van der Waals surface area contributed by atoms with Crippen molar-refractivity contribution in [1.82, 2.24) is 9.55 Å². The Balaban J connectivity index is 2.00. The van der Waals surface area contributed by atoms with Gasteiger partial charge in [-0.3, -0.25) is 0 Å². The van der Waals surface area contributed by atoms with Crippen LogP contribution in [0.3, 0.4) is 0 Å². The van der Waals surface area contributed by atoms with E-state index in [1.165, 1.54) is 6.42 Å². The van der Waals surface area contributed by atoms with Crippen LogP contribution >= 0.6 is 23.2 Å². The van der Waals surface area contributed by atoms with Crippen molar-refractivity contribution in [2.24, 2.45) is 5.92 Å². The summed E-state index contributed by atoms with van der Waals surface area (Å²) in [6, 6.07) is 5.80. The van der Waals surface area contributed by atoms with Crippen molar-refractivity contribution in [3.8, 4) is 0 Å². The fraction of sp³-hybridized carbons (Fsp3) is 0.500. The molecule has 0 radical (unpaired) electrons. The highest BCUT2D eigenvalue weighted by Gasteiger charge is 2.19. The molecule has 0 aliphatic carbocycles. The molecule has 0 N–H and O–H groups in total. The topological polar surface area (TPSA) is 27.1 Å². The number of rotatable bonds is 3. The lowest BCUT2D eigenvalue weighted by Gasteiger charge is -2.23. The summed E-state index contributed by atoms with van der Waals surface area (Å²) in [6.45, 7) is 2.57. The van der Waals surface area contributed by atoms with Crippen molar-refractivity contribution in [2.75, 3.05) is 13.2 Å². The molecule has 1 aromatic heterocycles. The zero-order valence-electron chi connectivity index (χ0n) is 10.6. The number of fused-ring (bicyclic) bond motifs is 1. The van der Waals surface area contributed by atoms with E-state index in [9.17, 15) is 0 Å². The van der Waals surface area contributed by atoms with E-state index in [2.05, 4.69) is 9.55 Å². The number of imidazole rings is 1. The molecule has 2 heterocycles. The molecule has 1 fully saturated rings. The van der Waals surface area contributed by atoms with Gasteiger partial charge in [0.2, 0.25) is 0 Å². The molecule has 0 spiro atoms. The molecule has 1 atom stereocenters. The molecule has 3 rings (SSSR count). The fourth-order valence-corrected chi connectivity index (χ4v) is 3.17. The van der Waals surface area contributed by atoms with E-state index < -0.39 is 0 Å². The third-order valence-corrected chi connectivity index (χ3v) is 4.16. The Labute approximate surface area is 122 Å². The summed E-state index contributed by atoms with van der Waals surface area (Å²) >= 11 is 12.3. The molecule has 1 aliphatic heterocycles. The Hall–Kier alpha value is -0.770. The molecule has 19 heavy (non-hydrogen) atoms. The van der Waals surface area contributed by atoms with E-state index >= 15 is 0 Å². The number of aromatic nitrogens is 2. The lowest BCUT2D eigenvalue weighted by molar-refractivity contribution is 0.0485. The molecule has 0 saturated carbocycles. The Morgan fingerprint density at radius 2 is 2.32 bits per heavy atom. The quantitative estimate of drug-likeness (QED) is 0.805. The van der Waals surface area contributed by atoms with Crippen LogP contribution in [0.25, 0.3) is 11.0 Å². The first kappa shape index (κ1) is 13.2. The summed E-state index contributed by atoms with van der Waals surface area (Å²) in [4.78, 5) is 4.56. The van der Waals surface area contributed by atoms with Gasteiger partial charge in [0.25, 0.3) is 0 Å². The minimum Gasteiger partial charge on any atom is -0.381 e. The standard InChI is InChI=1S/C14H16Cl2N2O/c15-7-13-17-12-5-1-4-11(16)14(12)18(13)8-10-3-2-6-19-9-10/h1,4-5,10H,2-3,6-9H2. The Morgan fingerprint density at radius 3 is 3.05 bits per heavy atom. The van der Waals surface area contributed by atoms with Gasteiger partial charge in [-0.15, -0.1) is 11.6 Å². The largest absolute Gasteiger partial charge is 0.381 e. The van der Waals surface area contributed by atoms with Crippen molar-refractivity contribution < 1.29 is 4.74 Å². The number of nitrogens with zero attached hydrogens (tertiary/aromatic N) is 2. The number of benzene rings is 1. The van der Waals surface area contributed by atoms with Crippen LogP contribution in [0.15, 0.2) is 18.2 Å². The lowest BCUT2D eigenvalue weighted by atomic mass is 10.0. The number of hydrogen-bond donors (Lipinski definition) is 0. The van der Waals surface area contributed by atoms with E-state index in [4.69, 9.17) is 27.9 Å². The van der Waals surface area contributed by atoms with E-state index in [-0.39, 0.29) is 0 Å². The SMILES string of the molecule is ClCc1nc2cccc(Cl)c2n1CC1CCCOC1. The van der Waals surface area contributed by atoms with Crippen LogP contribution < -0.4 is 0 Å². The molecule has 3 nitrogen and oxygen atoms in total. The van der Waals surface area contributed by atoms with Crippen LogP contribution in [0.5, 0.6) is 0 Å². The highest BCUT2D eigenvalue weighted by atomic mass is 35.5. The van der Waals surface area contributed by atoms with Crippen LogP contribution in [0.1, 0.15) is 18.7 Å². The molecule has 1 aliphatic rings. The normalized spacial score (nSPS) is 20.0. The Morgan fingerprint density at radius 1 is 1.42 bits per heavy atom. The first-order valence-electron chi connectivity index (χ1n) is 6.57. The summed E-state index contributed by atoms with van der Waals surface area (Å²) in [7, 11) is 0. The van der Waals surface area contributed by atoms with Crippen LogP contribution in [0, 0.1) is 5.92 Å². The molecular formula is C14H16Cl2N2O. The van der Waals surface area contributed by atoms with Crippen molar-refractivity contribution >= 4 is 34.2 Å². The lowest BCUT2D eigenvalue weighted by Crippen LogP contribution is -2.22. The Bertz CT molecular complexity index is 576. The number of ether oxygens (including phenoxy) is 1. The van der Waals surface area contributed by atoms with Crippen LogP contribution in [-0.4, -0.2) is 22.8 Å². The van der Waals surface area contributed by atoms with Gasteiger partial charge in [-0.2, -0.15) is 0 Å². The maximum Gasteiger partial charge on any atom is 0.124 e. The van der Waals surface area contributed by atoms with Crippen molar-refractivity contribution in [3.05, 3.63) is 29.0 Å². The van der Waals surface area contributed by atoms with Crippen LogP contribution in [-0.2, 0) is 17.2 Å². The summed E-state index contributed by atoms with van der Waals surface area (Å²) < 4.78 is 7.70. The van der Waals surface area contributed by atoms with Gasteiger partial charge in [-0.1, -0.05) is 17.7 Å². The number of alkyl halides is 1. The van der Waals surface area contributed by atoms with E-state index in [1.54, 1.807) is 0 Å². The van der Waals surface area contributed by atoms with Crippen molar-refractivity contribution in [1.29, 1.82) is 0 Å². The number of para-hydroxylation sites is 1. The smallest absolute Gasteiger partial charge is 0.124 e. The predicted octanol–water partition coefficient (Wildman–Crippen LogP) is 3.86. The van der Waals surface area contributed by atoms with Crippen molar-refractivity contribution in [3.63, 3.8) is 0 Å². The third-order valence-electron chi connectivity index (χ3n) is 3.61. The molecule has 2 aromatic rings. The first-order valence-corrected chi connectivity index (χ1v) is 7.48. The average Bonchev–Trinajstić information content (AvgIpc) is 2.79. The van der Waals surface area contributed by atoms with Crippen LogP contribution in [0.4, 0.5) is 0 Å². The fourth-order valence-electron chi connectivity index (χ4n) is 2.70. The van der Waals surface area contributed by atoms with Gasteiger partial charge in [0.15, 0.2) is 0 Å². The van der Waals surface area contributed by atoms with Gasteiger partial charge in [0.1, 0.15) is 5.82 Å². The zero-order valence-corrected chi connectivity index (χ0v) is 12.1. The Kier molecular flexibility index (Phi) is 3.96. The highest BCUT2D eigenvalue weighted by Crippen LogP contribution is 2.27. The predicted molar refractivity (Wildman–Crippen MR) is 77.8 cm³/mol. The monoisotopic (exact) mass is 298 g/mol. The summed E-state index contributed by atoms with van der Waals surface area (Å²) in [5, 5.41) is 0.734. The van der Waals surface area contributed by atoms with Gasteiger partial charge < -0.3 is 9.30 Å². The number of halogens is 2. The van der Waals surface area contributed by atoms with Gasteiger partial charge >= 0.3 is 0 Å². The molecular weight excluding hydrogens is 283 g/mol. The van der Waals surface area contributed by atoms with Gasteiger partial charge in [-0.25, -0.2) is 4.98 Å². The molecule has 1 aromatic carbocycles. The van der Waals surface area contributed by atoms with E-state index in [0.717, 1.165) is 48.1 Å². The molecule has 1 unspecified atom stereocenters. The minimum atomic E-state index is 0.401. The zero-order chi connectivity index (χ0) is 13.2. The second-order valence-electron chi connectivity index (χ2n) is 4.96. The van der Waals surface area contributed by atoms with Gasteiger partial charge in [0.05, 0.1) is 28.5 Å². The van der Waals surface area contributed by atoms with Crippen molar-refractivity contribution in [2.45, 2.75) is 25.3 Å². The molecule has 1 saturated heterocycles. The van der Waals surface area contributed by atoms with E-state index in [1.807, 2.05) is 18.2 Å². The molecule has 0 amide bonds. The minimum absolute atomic E-state index is 0.401. The molecule has 0 bridgehead atoms. The summed E-state index contributed by atoms with van der Waals surface area (Å²) in [5.74, 6) is 1.80. The molecule has 102 valence electrons. The van der Waals surface area contributed by atoms with Gasteiger partial charge in [-0.05, 0) is 25.0 Å². The van der Waals surface area contributed by atoms with Gasteiger partial charge in [0, 0.05) is 19.1 Å². The maximum absolute atomic E-state index is 6.32. The maximum atomic E-state index is 6.32. The number of hydrogen-bond acceptors (Lipinski definition) is 2. The second kappa shape index (κ2) is 5.70. The second-order valence-corrected chi connectivity index (χ2v) is 5.64. The third kappa shape index (κ3) is 2.60.